The van der Waals surface area contributed by atoms with Crippen LogP contribution in [0.2, 0.25) is 0 Å². The molecule has 21 heavy (non-hydrogen) atoms. The van der Waals surface area contributed by atoms with E-state index in [4.69, 9.17) is 0 Å². The highest BCUT2D eigenvalue weighted by molar-refractivity contribution is 8.00. The Balaban J connectivity index is 2.13. The van der Waals surface area contributed by atoms with Crippen molar-refractivity contribution in [2.24, 2.45) is 0 Å². The number of carbonyl (C=O) groups excluding carboxylic acids is 1. The van der Waals surface area contributed by atoms with E-state index in [9.17, 15) is 22.4 Å². The van der Waals surface area contributed by atoms with E-state index in [1.807, 2.05) is 6.26 Å². The summed E-state index contributed by atoms with van der Waals surface area (Å²) < 4.78 is 51.6. The van der Waals surface area contributed by atoms with Crippen molar-refractivity contribution in [3.8, 4) is 0 Å². The van der Waals surface area contributed by atoms with Crippen molar-refractivity contribution in [1.29, 1.82) is 0 Å². The van der Waals surface area contributed by atoms with Gasteiger partial charge in [-0.25, -0.2) is 4.39 Å². The molecule has 1 amide bonds. The lowest BCUT2D eigenvalue weighted by molar-refractivity contribution is -0.140. The first-order valence-electron chi connectivity index (χ1n) is 6.48. The summed E-state index contributed by atoms with van der Waals surface area (Å²) in [6, 6.07) is 2.72. The van der Waals surface area contributed by atoms with Crippen LogP contribution >= 0.6 is 11.8 Å². The summed E-state index contributed by atoms with van der Waals surface area (Å²) >= 11 is 1.62. The minimum atomic E-state index is -4.81. The number of amides is 1. The fraction of sp³-hybridized carbons (Fsp3) is 0.500. The van der Waals surface area contributed by atoms with Gasteiger partial charge in [0.05, 0.1) is 11.1 Å². The first kappa shape index (κ1) is 16.1. The second kappa shape index (κ2) is 5.87. The average molecular weight is 321 g/mol. The van der Waals surface area contributed by atoms with Crippen LogP contribution in [0.3, 0.4) is 0 Å². The van der Waals surface area contributed by atoms with Crippen LogP contribution in [0.4, 0.5) is 17.6 Å². The zero-order valence-corrected chi connectivity index (χ0v) is 12.2. The van der Waals surface area contributed by atoms with Crippen LogP contribution < -0.4 is 5.32 Å². The van der Waals surface area contributed by atoms with E-state index in [0.717, 1.165) is 31.4 Å². The molecule has 1 fully saturated rings. The van der Waals surface area contributed by atoms with Gasteiger partial charge < -0.3 is 5.32 Å². The lowest BCUT2D eigenvalue weighted by Crippen LogP contribution is -2.45. The van der Waals surface area contributed by atoms with Crippen molar-refractivity contribution in [2.75, 3.05) is 12.8 Å². The Hall–Kier alpha value is -1.24. The summed E-state index contributed by atoms with van der Waals surface area (Å²) in [6.45, 7) is 0.336. The monoisotopic (exact) mass is 321 g/mol. The molecule has 1 aliphatic carbocycles. The van der Waals surface area contributed by atoms with Gasteiger partial charge in [-0.05, 0) is 31.2 Å². The third-order valence-electron chi connectivity index (χ3n) is 3.82. The predicted octanol–water partition coefficient (Wildman–Crippen LogP) is 3.86. The Morgan fingerprint density at radius 1 is 1.38 bits per heavy atom. The van der Waals surface area contributed by atoms with Crippen LogP contribution in [0, 0.1) is 5.82 Å². The number of carbonyl (C=O) groups is 1. The lowest BCUT2D eigenvalue weighted by atomic mass is 9.84. The van der Waals surface area contributed by atoms with Gasteiger partial charge in [0, 0.05) is 11.3 Å². The topological polar surface area (TPSA) is 29.1 Å². The van der Waals surface area contributed by atoms with Gasteiger partial charge in [0.15, 0.2) is 0 Å². The van der Waals surface area contributed by atoms with Crippen molar-refractivity contribution in [3.63, 3.8) is 0 Å². The summed E-state index contributed by atoms with van der Waals surface area (Å²) in [5, 5.41) is 2.55. The molecule has 2 nitrogen and oxygen atoms in total. The molecular formula is C14H15F4NOS. The highest BCUT2D eigenvalue weighted by Gasteiger charge is 2.38. The second-order valence-electron chi connectivity index (χ2n) is 5.09. The molecule has 1 aromatic rings. The Morgan fingerprint density at radius 2 is 2.05 bits per heavy atom. The number of thioether (sulfide) groups is 1. The Bertz CT molecular complexity index is 535. The fourth-order valence-corrected chi connectivity index (χ4v) is 3.20. The van der Waals surface area contributed by atoms with Crippen molar-refractivity contribution in [2.45, 2.75) is 30.2 Å². The van der Waals surface area contributed by atoms with E-state index < -0.39 is 29.0 Å². The van der Waals surface area contributed by atoms with Gasteiger partial charge in [0.2, 0.25) is 0 Å². The second-order valence-corrected chi connectivity index (χ2v) is 6.36. The number of hydrogen-bond acceptors (Lipinski definition) is 2. The fourth-order valence-electron chi connectivity index (χ4n) is 2.29. The maximum absolute atomic E-state index is 13.8. The highest BCUT2D eigenvalue weighted by Crippen LogP contribution is 2.42. The zero-order chi connectivity index (χ0) is 15.7. The molecule has 0 saturated heterocycles. The summed E-state index contributed by atoms with van der Waals surface area (Å²) in [7, 11) is 0. The standard InChI is InChI=1S/C14H15F4NOS/c1-21-13(6-3-7-13)8-19-12(20)9-4-2-5-10(11(9)15)14(16,17)18/h2,4-5H,3,6-8H2,1H3,(H,19,20). The van der Waals surface area contributed by atoms with Crippen LogP contribution in [0.1, 0.15) is 35.2 Å². The maximum Gasteiger partial charge on any atom is 0.419 e. The van der Waals surface area contributed by atoms with E-state index in [2.05, 4.69) is 5.32 Å². The number of benzene rings is 1. The molecule has 116 valence electrons. The minimum absolute atomic E-state index is 0.0617. The Morgan fingerprint density at radius 3 is 2.52 bits per heavy atom. The van der Waals surface area contributed by atoms with Crippen LogP contribution in [-0.4, -0.2) is 23.5 Å². The molecular weight excluding hydrogens is 306 g/mol. The number of hydrogen-bond donors (Lipinski definition) is 1. The van der Waals surface area contributed by atoms with Gasteiger partial charge in [-0.1, -0.05) is 12.5 Å². The summed E-state index contributed by atoms with van der Waals surface area (Å²) in [5.41, 5.74) is -1.99. The quantitative estimate of drug-likeness (QED) is 0.853. The molecule has 1 N–H and O–H groups in total. The molecule has 0 atom stereocenters. The number of alkyl halides is 3. The van der Waals surface area contributed by atoms with E-state index in [1.54, 1.807) is 11.8 Å². The first-order chi connectivity index (χ1) is 9.79. The molecule has 1 aromatic carbocycles. The SMILES string of the molecule is CSC1(CNC(=O)c2cccc(C(F)(F)F)c2F)CCC1. The van der Waals surface area contributed by atoms with Gasteiger partial charge in [-0.15, -0.1) is 0 Å². The summed E-state index contributed by atoms with van der Waals surface area (Å²) in [5.74, 6) is -2.33. The molecule has 0 heterocycles. The predicted molar refractivity (Wildman–Crippen MR) is 73.8 cm³/mol. The van der Waals surface area contributed by atoms with E-state index >= 15 is 0 Å². The van der Waals surface area contributed by atoms with Crippen LogP contribution in [0.15, 0.2) is 18.2 Å². The minimum Gasteiger partial charge on any atom is -0.351 e. The number of halogens is 4. The smallest absolute Gasteiger partial charge is 0.351 e. The molecule has 0 unspecified atom stereocenters. The molecule has 7 heteroatoms. The van der Waals surface area contributed by atoms with Gasteiger partial charge in [0.1, 0.15) is 5.82 Å². The molecule has 0 aliphatic heterocycles. The molecule has 0 bridgehead atoms. The average Bonchev–Trinajstić information content (AvgIpc) is 2.36. The Kier molecular flexibility index (Phi) is 4.51. The molecule has 1 aliphatic rings. The van der Waals surface area contributed by atoms with Crippen molar-refractivity contribution in [1.82, 2.24) is 5.32 Å². The van der Waals surface area contributed by atoms with Gasteiger partial charge in [0.25, 0.3) is 5.91 Å². The van der Waals surface area contributed by atoms with Gasteiger partial charge >= 0.3 is 6.18 Å². The van der Waals surface area contributed by atoms with E-state index in [-0.39, 0.29) is 4.75 Å². The van der Waals surface area contributed by atoms with E-state index in [0.29, 0.717) is 12.6 Å². The van der Waals surface area contributed by atoms with Crippen molar-refractivity contribution >= 4 is 17.7 Å². The van der Waals surface area contributed by atoms with Gasteiger partial charge in [-0.3, -0.25) is 4.79 Å². The summed E-state index contributed by atoms with van der Waals surface area (Å²) in [6.07, 6.45) is 0.0681. The highest BCUT2D eigenvalue weighted by atomic mass is 32.2. The zero-order valence-electron chi connectivity index (χ0n) is 11.4. The maximum atomic E-state index is 13.8. The van der Waals surface area contributed by atoms with Crippen molar-refractivity contribution < 1.29 is 22.4 Å². The van der Waals surface area contributed by atoms with Crippen LogP contribution in [-0.2, 0) is 6.18 Å². The third kappa shape index (κ3) is 3.33. The van der Waals surface area contributed by atoms with Crippen molar-refractivity contribution in [3.05, 3.63) is 35.1 Å². The molecule has 0 radical (unpaired) electrons. The van der Waals surface area contributed by atoms with Gasteiger partial charge in [-0.2, -0.15) is 24.9 Å². The molecule has 0 aromatic heterocycles. The summed E-state index contributed by atoms with van der Waals surface area (Å²) in [4.78, 5) is 11.9. The van der Waals surface area contributed by atoms with Crippen LogP contribution in [0.5, 0.6) is 0 Å². The lowest BCUT2D eigenvalue weighted by Gasteiger charge is -2.40. The molecule has 1 saturated carbocycles. The number of nitrogens with one attached hydrogen (secondary N) is 1. The van der Waals surface area contributed by atoms with Crippen LogP contribution in [0.25, 0.3) is 0 Å². The van der Waals surface area contributed by atoms with E-state index in [1.165, 1.54) is 0 Å². The number of rotatable bonds is 4. The third-order valence-corrected chi connectivity index (χ3v) is 5.24. The molecule has 0 spiro atoms. The molecule has 2 rings (SSSR count). The first-order valence-corrected chi connectivity index (χ1v) is 7.71. The largest absolute Gasteiger partial charge is 0.419 e. The Labute approximate surface area is 124 Å². The normalized spacial score (nSPS) is 17.2.